The van der Waals surface area contributed by atoms with Crippen LogP contribution in [0.4, 0.5) is 5.69 Å². The van der Waals surface area contributed by atoms with Crippen LogP contribution < -0.4 is 9.64 Å². The van der Waals surface area contributed by atoms with Crippen molar-refractivity contribution in [3.63, 3.8) is 0 Å². The predicted octanol–water partition coefficient (Wildman–Crippen LogP) is 4.21. The van der Waals surface area contributed by atoms with E-state index in [0.717, 1.165) is 5.56 Å². The van der Waals surface area contributed by atoms with Crippen LogP contribution in [0.25, 0.3) is 0 Å². The van der Waals surface area contributed by atoms with Crippen LogP contribution >= 0.6 is 0 Å². The molecule has 2 bridgehead atoms. The van der Waals surface area contributed by atoms with E-state index in [1.165, 1.54) is 4.90 Å². The standard InChI is InChI=1S/C36H45N3O6/c1-7-19-37(22-26-13-11-10-12-14-26)34(43)31-36-21-24(4)35(6,45-36)29(30(36)33(42)39(31)25(5)23-40)32(41)38(20-8-2)27-15-17-28(18-16-27)44-9-3/h7-8,10-18,24-25,29-31,40H,1-2,9,19-23H2,3-6H3/t24?,25-,29+,30+,31?,35-,36?/m1/s1. The molecule has 0 saturated carbocycles. The monoisotopic (exact) mass is 615 g/mol. The highest BCUT2D eigenvalue weighted by atomic mass is 16.5. The van der Waals surface area contributed by atoms with Gasteiger partial charge in [-0.25, -0.2) is 0 Å². The summed E-state index contributed by atoms with van der Waals surface area (Å²) in [5.41, 5.74) is -0.637. The number of benzene rings is 2. The van der Waals surface area contributed by atoms with Gasteiger partial charge in [0.1, 0.15) is 17.4 Å². The number of amides is 3. The summed E-state index contributed by atoms with van der Waals surface area (Å²) in [6.07, 6.45) is 3.76. The first-order chi connectivity index (χ1) is 21.6. The number of fused-ring (bicyclic) bond motifs is 1. The van der Waals surface area contributed by atoms with Gasteiger partial charge in [0.05, 0.1) is 36.7 Å². The van der Waals surface area contributed by atoms with Gasteiger partial charge in [-0.3, -0.25) is 14.4 Å². The molecule has 0 radical (unpaired) electrons. The van der Waals surface area contributed by atoms with Crippen LogP contribution in [-0.2, 0) is 25.7 Å². The second-order valence-corrected chi connectivity index (χ2v) is 12.6. The number of carbonyl (C=O) groups excluding carboxylic acids is 3. The zero-order valence-corrected chi connectivity index (χ0v) is 26.7. The minimum Gasteiger partial charge on any atom is -0.494 e. The Morgan fingerprint density at radius 1 is 1.11 bits per heavy atom. The van der Waals surface area contributed by atoms with Crippen molar-refractivity contribution in [3.8, 4) is 5.75 Å². The van der Waals surface area contributed by atoms with Gasteiger partial charge >= 0.3 is 0 Å². The lowest BCUT2D eigenvalue weighted by molar-refractivity contribution is -0.155. The van der Waals surface area contributed by atoms with E-state index in [4.69, 9.17) is 9.47 Å². The molecule has 1 N–H and O–H groups in total. The Bertz CT molecular complexity index is 1430. The third kappa shape index (κ3) is 5.36. The third-order valence-electron chi connectivity index (χ3n) is 9.91. The van der Waals surface area contributed by atoms with E-state index in [-0.39, 0.29) is 43.3 Å². The number of ether oxygens (including phenoxy) is 2. The Morgan fingerprint density at radius 2 is 1.78 bits per heavy atom. The van der Waals surface area contributed by atoms with Crippen molar-refractivity contribution in [3.05, 3.63) is 85.5 Å². The molecule has 0 aromatic heterocycles. The molecule has 3 aliphatic rings. The molecule has 1 spiro atoms. The third-order valence-corrected chi connectivity index (χ3v) is 9.91. The molecule has 2 aromatic carbocycles. The fraction of sp³-hybridized carbons (Fsp3) is 0.472. The van der Waals surface area contributed by atoms with Crippen molar-refractivity contribution in [1.29, 1.82) is 0 Å². The van der Waals surface area contributed by atoms with Crippen molar-refractivity contribution in [1.82, 2.24) is 9.80 Å². The number of aliphatic hydroxyl groups excluding tert-OH is 1. The van der Waals surface area contributed by atoms with E-state index in [9.17, 15) is 19.5 Å². The SMILES string of the molecule is C=CCN(Cc1ccccc1)C(=O)C1N([C@H](C)CO)C(=O)[C@@H]2[C@@H](C(=O)N(CC=C)c3ccc(OCC)cc3)[C@]3(C)OC12CC3C. The first kappa shape index (κ1) is 32.4. The van der Waals surface area contributed by atoms with Gasteiger partial charge in [0, 0.05) is 25.3 Å². The lowest BCUT2D eigenvalue weighted by Crippen LogP contribution is -2.58. The van der Waals surface area contributed by atoms with Crippen LogP contribution in [0, 0.1) is 17.8 Å². The van der Waals surface area contributed by atoms with E-state index < -0.39 is 35.1 Å². The lowest BCUT2D eigenvalue weighted by Gasteiger charge is -2.39. The van der Waals surface area contributed by atoms with E-state index in [1.54, 1.807) is 28.9 Å². The zero-order valence-electron chi connectivity index (χ0n) is 26.7. The van der Waals surface area contributed by atoms with Crippen molar-refractivity contribution >= 4 is 23.4 Å². The van der Waals surface area contributed by atoms with E-state index in [2.05, 4.69) is 13.2 Å². The largest absolute Gasteiger partial charge is 0.494 e. The Kier molecular flexibility index (Phi) is 9.23. The molecule has 45 heavy (non-hydrogen) atoms. The molecule has 3 saturated heterocycles. The van der Waals surface area contributed by atoms with Crippen LogP contribution in [0.5, 0.6) is 5.75 Å². The van der Waals surface area contributed by atoms with Gasteiger partial charge in [0.25, 0.3) is 0 Å². The summed E-state index contributed by atoms with van der Waals surface area (Å²) in [7, 11) is 0. The van der Waals surface area contributed by atoms with E-state index in [0.29, 0.717) is 31.0 Å². The van der Waals surface area contributed by atoms with Gasteiger partial charge in [0.2, 0.25) is 17.7 Å². The number of rotatable bonds is 13. The number of hydrogen-bond donors (Lipinski definition) is 1. The summed E-state index contributed by atoms with van der Waals surface area (Å²) in [5.74, 6) is -2.06. The molecule has 2 aromatic rings. The Balaban J connectivity index is 1.57. The number of likely N-dealkylation sites (tertiary alicyclic amines) is 1. The summed E-state index contributed by atoms with van der Waals surface area (Å²) in [6, 6.07) is 15.2. The minimum absolute atomic E-state index is 0.122. The molecular formula is C36H45N3O6. The number of anilines is 1. The quantitative estimate of drug-likeness (QED) is 0.339. The molecule has 7 atom stereocenters. The average molecular weight is 616 g/mol. The van der Waals surface area contributed by atoms with Gasteiger partial charge < -0.3 is 29.3 Å². The predicted molar refractivity (Wildman–Crippen MR) is 172 cm³/mol. The summed E-state index contributed by atoms with van der Waals surface area (Å²) >= 11 is 0. The summed E-state index contributed by atoms with van der Waals surface area (Å²) in [6.45, 7) is 16.3. The second kappa shape index (κ2) is 12.8. The fourth-order valence-electron chi connectivity index (χ4n) is 7.77. The Hall–Kier alpha value is -3.95. The number of carbonyl (C=O) groups is 3. The van der Waals surface area contributed by atoms with Crippen molar-refractivity contribution in [2.45, 2.75) is 63.9 Å². The van der Waals surface area contributed by atoms with Crippen LogP contribution in [0.1, 0.15) is 39.7 Å². The highest BCUT2D eigenvalue weighted by Crippen LogP contribution is 2.66. The van der Waals surface area contributed by atoms with Crippen LogP contribution in [0.3, 0.4) is 0 Å². The molecule has 0 aliphatic carbocycles. The molecule has 3 aliphatic heterocycles. The molecule has 240 valence electrons. The van der Waals surface area contributed by atoms with Crippen LogP contribution in [0.2, 0.25) is 0 Å². The molecule has 3 heterocycles. The minimum atomic E-state index is -1.24. The molecular weight excluding hydrogens is 570 g/mol. The number of hydrogen-bond acceptors (Lipinski definition) is 6. The van der Waals surface area contributed by atoms with Crippen molar-refractivity contribution in [2.24, 2.45) is 17.8 Å². The Morgan fingerprint density at radius 3 is 2.38 bits per heavy atom. The maximum atomic E-state index is 14.7. The van der Waals surface area contributed by atoms with Crippen molar-refractivity contribution in [2.75, 3.05) is 31.2 Å². The molecule has 3 fully saturated rings. The lowest BCUT2D eigenvalue weighted by atomic mass is 9.62. The van der Waals surface area contributed by atoms with Gasteiger partial charge in [-0.1, -0.05) is 49.4 Å². The second-order valence-electron chi connectivity index (χ2n) is 12.6. The summed E-state index contributed by atoms with van der Waals surface area (Å²) in [5, 5.41) is 10.3. The maximum Gasteiger partial charge on any atom is 0.249 e. The highest BCUT2D eigenvalue weighted by Gasteiger charge is 2.80. The molecule has 9 heteroatoms. The highest BCUT2D eigenvalue weighted by molar-refractivity contribution is 6.03. The summed E-state index contributed by atoms with van der Waals surface area (Å²) < 4.78 is 12.5. The van der Waals surface area contributed by atoms with Crippen LogP contribution in [-0.4, -0.2) is 82.2 Å². The average Bonchev–Trinajstić information content (AvgIpc) is 3.56. The number of nitrogens with zero attached hydrogens (tertiary/aromatic N) is 3. The normalized spacial score (nSPS) is 28.8. The van der Waals surface area contributed by atoms with E-state index in [1.807, 2.05) is 75.4 Å². The topological polar surface area (TPSA) is 99.6 Å². The van der Waals surface area contributed by atoms with Crippen LogP contribution in [0.15, 0.2) is 79.9 Å². The molecule has 3 amide bonds. The first-order valence-electron chi connectivity index (χ1n) is 15.8. The van der Waals surface area contributed by atoms with Gasteiger partial charge in [-0.05, 0) is 62.9 Å². The van der Waals surface area contributed by atoms with Gasteiger partial charge in [-0.15, -0.1) is 13.2 Å². The Labute approximate surface area is 266 Å². The molecule has 9 nitrogen and oxygen atoms in total. The maximum absolute atomic E-state index is 14.7. The fourth-order valence-corrected chi connectivity index (χ4v) is 7.77. The molecule has 5 rings (SSSR count). The zero-order chi connectivity index (χ0) is 32.5. The van der Waals surface area contributed by atoms with Crippen molar-refractivity contribution < 1.29 is 29.0 Å². The smallest absolute Gasteiger partial charge is 0.249 e. The van der Waals surface area contributed by atoms with E-state index >= 15 is 0 Å². The molecule has 3 unspecified atom stereocenters. The number of aliphatic hydroxyl groups is 1. The first-order valence-corrected chi connectivity index (χ1v) is 15.8. The summed E-state index contributed by atoms with van der Waals surface area (Å²) in [4.78, 5) is 48.7. The van der Waals surface area contributed by atoms with Gasteiger partial charge in [-0.2, -0.15) is 0 Å². The van der Waals surface area contributed by atoms with Gasteiger partial charge in [0.15, 0.2) is 0 Å².